The smallest absolute Gasteiger partial charge is 0.194 e. The lowest BCUT2D eigenvalue weighted by atomic mass is 10.1. The van der Waals surface area contributed by atoms with E-state index in [-0.39, 0.29) is 24.0 Å². The molecule has 5 nitrogen and oxygen atoms in total. The Kier molecular flexibility index (Phi) is 7.03. The molecule has 1 aromatic heterocycles. The van der Waals surface area contributed by atoms with Crippen molar-refractivity contribution in [2.24, 2.45) is 10.9 Å². The van der Waals surface area contributed by atoms with E-state index in [9.17, 15) is 0 Å². The summed E-state index contributed by atoms with van der Waals surface area (Å²) >= 11 is 0. The first-order valence-corrected chi connectivity index (χ1v) is 9.79. The summed E-state index contributed by atoms with van der Waals surface area (Å²) in [4.78, 5) is 6.80. The summed E-state index contributed by atoms with van der Waals surface area (Å²) < 4.78 is 12.0. The summed E-state index contributed by atoms with van der Waals surface area (Å²) in [6.45, 7) is 5.73. The number of piperidine rings is 1. The predicted octanol–water partition coefficient (Wildman–Crippen LogP) is 4.33. The van der Waals surface area contributed by atoms with Crippen molar-refractivity contribution < 1.29 is 9.15 Å². The normalized spacial score (nSPS) is 18.6. The molecular formula is C21H30IN3O2. The van der Waals surface area contributed by atoms with Crippen molar-refractivity contribution in [2.45, 2.75) is 45.3 Å². The summed E-state index contributed by atoms with van der Waals surface area (Å²) in [5, 5.41) is 4.66. The first-order chi connectivity index (χ1) is 12.7. The summed E-state index contributed by atoms with van der Waals surface area (Å²) in [5.41, 5.74) is 2.15. The molecule has 0 amide bonds. The molecule has 6 heteroatoms. The first-order valence-electron chi connectivity index (χ1n) is 9.79. The summed E-state index contributed by atoms with van der Waals surface area (Å²) in [5.74, 6) is 2.77. The molecule has 1 N–H and O–H groups in total. The van der Waals surface area contributed by atoms with Gasteiger partial charge in [-0.2, -0.15) is 0 Å². The van der Waals surface area contributed by atoms with E-state index in [4.69, 9.17) is 9.15 Å². The molecule has 0 radical (unpaired) electrons. The fourth-order valence-corrected chi connectivity index (χ4v) is 3.68. The molecular weight excluding hydrogens is 453 g/mol. The van der Waals surface area contributed by atoms with Gasteiger partial charge in [-0.1, -0.05) is 18.2 Å². The number of fused-ring (bicyclic) bond motifs is 1. The quantitative estimate of drug-likeness (QED) is 0.391. The third kappa shape index (κ3) is 4.96. The van der Waals surface area contributed by atoms with Gasteiger partial charge in [0, 0.05) is 37.7 Å². The Labute approximate surface area is 178 Å². The minimum atomic E-state index is 0. The molecule has 1 aromatic carbocycles. The van der Waals surface area contributed by atoms with Gasteiger partial charge in [-0.25, -0.2) is 0 Å². The summed E-state index contributed by atoms with van der Waals surface area (Å²) in [7, 11) is 1.85. The molecule has 27 heavy (non-hydrogen) atoms. The fraction of sp³-hybridized carbons (Fsp3) is 0.571. The number of rotatable bonds is 5. The molecule has 2 aliphatic rings. The van der Waals surface area contributed by atoms with Crippen LogP contribution in [0.15, 0.2) is 33.7 Å². The molecule has 0 bridgehead atoms. The molecule has 2 fully saturated rings. The van der Waals surface area contributed by atoms with Crippen LogP contribution in [0.2, 0.25) is 0 Å². The van der Waals surface area contributed by atoms with Gasteiger partial charge in [0.15, 0.2) is 5.96 Å². The third-order valence-corrected chi connectivity index (χ3v) is 5.57. The highest BCUT2D eigenvalue weighted by Crippen LogP contribution is 2.30. The highest BCUT2D eigenvalue weighted by molar-refractivity contribution is 14.0. The van der Waals surface area contributed by atoms with Crippen LogP contribution in [0.5, 0.6) is 0 Å². The fourth-order valence-electron chi connectivity index (χ4n) is 3.68. The second-order valence-electron chi connectivity index (χ2n) is 7.51. The highest BCUT2D eigenvalue weighted by atomic mass is 127. The number of nitrogens with zero attached hydrogens (tertiary/aromatic N) is 2. The molecule has 0 unspecified atom stereocenters. The van der Waals surface area contributed by atoms with Crippen molar-refractivity contribution in [2.75, 3.05) is 26.7 Å². The largest absolute Gasteiger partial charge is 0.459 e. The average molecular weight is 483 g/mol. The molecule has 2 aromatic rings. The standard InChI is InChI=1S/C21H29N3O2.HI/c1-15-18-5-3-4-6-19(18)26-20(15)13-23-21(22-2)24-11-9-17(10-12-24)25-14-16-7-8-16;/h3-6,16-17H,7-14H2,1-2H3,(H,22,23);1H. The van der Waals surface area contributed by atoms with Crippen LogP contribution in [0.1, 0.15) is 37.0 Å². The number of hydrogen-bond acceptors (Lipinski definition) is 3. The number of likely N-dealkylation sites (tertiary alicyclic amines) is 1. The zero-order valence-electron chi connectivity index (χ0n) is 16.2. The lowest BCUT2D eigenvalue weighted by Crippen LogP contribution is -2.46. The van der Waals surface area contributed by atoms with Crippen LogP contribution in [0.3, 0.4) is 0 Å². The number of hydrogen-bond donors (Lipinski definition) is 1. The Morgan fingerprint density at radius 3 is 2.63 bits per heavy atom. The highest BCUT2D eigenvalue weighted by Gasteiger charge is 2.26. The van der Waals surface area contributed by atoms with Gasteiger partial charge in [-0.05, 0) is 44.6 Å². The Bertz CT molecular complexity index is 777. The number of furan rings is 1. The molecule has 4 rings (SSSR count). The van der Waals surface area contributed by atoms with Gasteiger partial charge in [-0.15, -0.1) is 24.0 Å². The van der Waals surface area contributed by atoms with Crippen LogP contribution >= 0.6 is 24.0 Å². The van der Waals surface area contributed by atoms with Crippen molar-refractivity contribution in [1.82, 2.24) is 10.2 Å². The van der Waals surface area contributed by atoms with E-state index >= 15 is 0 Å². The van der Waals surface area contributed by atoms with Crippen LogP contribution < -0.4 is 5.32 Å². The molecule has 2 heterocycles. The number of guanidine groups is 1. The molecule has 0 atom stereocenters. The maximum absolute atomic E-state index is 6.05. The van der Waals surface area contributed by atoms with Gasteiger partial charge in [0.1, 0.15) is 11.3 Å². The number of benzene rings is 1. The van der Waals surface area contributed by atoms with Crippen molar-refractivity contribution in [3.63, 3.8) is 0 Å². The van der Waals surface area contributed by atoms with Crippen LogP contribution in [0.25, 0.3) is 11.0 Å². The second-order valence-corrected chi connectivity index (χ2v) is 7.51. The maximum atomic E-state index is 6.05. The number of para-hydroxylation sites is 1. The molecule has 0 spiro atoms. The summed E-state index contributed by atoms with van der Waals surface area (Å²) in [6, 6.07) is 8.19. The predicted molar refractivity (Wildman–Crippen MR) is 120 cm³/mol. The van der Waals surface area contributed by atoms with Crippen molar-refractivity contribution in [1.29, 1.82) is 0 Å². The lowest BCUT2D eigenvalue weighted by molar-refractivity contribution is 0.0131. The van der Waals surface area contributed by atoms with Gasteiger partial charge in [-0.3, -0.25) is 4.99 Å². The van der Waals surface area contributed by atoms with E-state index in [0.717, 1.165) is 55.8 Å². The van der Waals surface area contributed by atoms with Crippen molar-refractivity contribution in [3.05, 3.63) is 35.6 Å². The van der Waals surface area contributed by atoms with E-state index in [0.29, 0.717) is 12.6 Å². The SMILES string of the molecule is CN=C(NCc1oc2ccccc2c1C)N1CCC(OCC2CC2)CC1.I. The van der Waals surface area contributed by atoms with E-state index in [1.54, 1.807) is 0 Å². The van der Waals surface area contributed by atoms with Gasteiger partial charge in [0.25, 0.3) is 0 Å². The molecule has 1 saturated heterocycles. The zero-order valence-corrected chi connectivity index (χ0v) is 18.6. The minimum Gasteiger partial charge on any atom is -0.459 e. The number of nitrogens with one attached hydrogen (secondary N) is 1. The third-order valence-electron chi connectivity index (χ3n) is 5.57. The molecule has 1 saturated carbocycles. The maximum Gasteiger partial charge on any atom is 0.194 e. The van der Waals surface area contributed by atoms with Gasteiger partial charge >= 0.3 is 0 Å². The zero-order chi connectivity index (χ0) is 17.9. The minimum absolute atomic E-state index is 0. The van der Waals surface area contributed by atoms with E-state index in [2.05, 4.69) is 34.3 Å². The Morgan fingerprint density at radius 2 is 1.96 bits per heavy atom. The second kappa shape index (κ2) is 9.28. The molecule has 1 aliphatic carbocycles. The van der Waals surface area contributed by atoms with Crippen LogP contribution in [0.4, 0.5) is 0 Å². The van der Waals surface area contributed by atoms with E-state index in [1.165, 1.54) is 23.8 Å². The molecule has 148 valence electrons. The van der Waals surface area contributed by atoms with E-state index < -0.39 is 0 Å². The summed E-state index contributed by atoms with van der Waals surface area (Å²) in [6.07, 6.45) is 5.30. The molecule has 1 aliphatic heterocycles. The van der Waals surface area contributed by atoms with Crippen LogP contribution in [-0.2, 0) is 11.3 Å². The van der Waals surface area contributed by atoms with Crippen LogP contribution in [0, 0.1) is 12.8 Å². The van der Waals surface area contributed by atoms with Crippen molar-refractivity contribution in [3.8, 4) is 0 Å². The van der Waals surface area contributed by atoms with Gasteiger partial charge < -0.3 is 19.4 Å². The monoisotopic (exact) mass is 483 g/mol. The number of halogens is 1. The van der Waals surface area contributed by atoms with Crippen LogP contribution in [-0.4, -0.2) is 43.7 Å². The number of ether oxygens (including phenoxy) is 1. The van der Waals surface area contributed by atoms with Gasteiger partial charge in [0.05, 0.1) is 12.6 Å². The van der Waals surface area contributed by atoms with Gasteiger partial charge in [0.2, 0.25) is 0 Å². The average Bonchev–Trinajstić information content (AvgIpc) is 3.46. The Balaban J connectivity index is 0.00000210. The topological polar surface area (TPSA) is 50.0 Å². The van der Waals surface area contributed by atoms with E-state index in [1.807, 2.05) is 19.2 Å². The lowest BCUT2D eigenvalue weighted by Gasteiger charge is -2.34. The first kappa shape index (κ1) is 20.5. The number of aryl methyl sites for hydroxylation is 1. The Morgan fingerprint density at radius 1 is 1.22 bits per heavy atom. The Hall–Kier alpha value is -1.28. The van der Waals surface area contributed by atoms with Crippen molar-refractivity contribution >= 4 is 40.9 Å². The number of aliphatic imine (C=N–C) groups is 1.